The number of nitrogens with two attached hydrogens (primary N) is 1. The predicted octanol–water partition coefficient (Wildman–Crippen LogP) is 3.97. The molecule has 0 bridgehead atoms. The quantitative estimate of drug-likeness (QED) is 0.553. The van der Waals surface area contributed by atoms with Gasteiger partial charge >= 0.3 is 0 Å². The molecule has 0 atom stereocenters. The van der Waals surface area contributed by atoms with Crippen molar-refractivity contribution in [1.82, 2.24) is 9.97 Å². The molecule has 1 fully saturated rings. The lowest BCUT2D eigenvalue weighted by molar-refractivity contribution is -0.113. The minimum atomic E-state index is -0.400. The van der Waals surface area contributed by atoms with Gasteiger partial charge in [-0.1, -0.05) is 0 Å². The average Bonchev–Trinajstić information content (AvgIpc) is 3.14. The van der Waals surface area contributed by atoms with E-state index in [0.717, 1.165) is 12.8 Å². The number of hydrogen-bond acceptors (Lipinski definition) is 4. The number of anilines is 1. The van der Waals surface area contributed by atoms with Gasteiger partial charge in [0.1, 0.15) is 11.6 Å². The Morgan fingerprint density at radius 3 is 2.57 bits per heavy atom. The SMILES string of the molecule is N/C(=C(/CC1CCOCC1)C(=O)Nc1nc2ccc(F)cc2[nH]1)c1ccc(F)cc1. The number of H-pyrrole nitrogens is 1. The number of carbonyl (C=O) groups is 1. The Balaban J connectivity index is 1.63. The molecule has 4 N–H and O–H groups in total. The van der Waals surface area contributed by atoms with Crippen LogP contribution in [0.4, 0.5) is 14.7 Å². The Labute approximate surface area is 172 Å². The standard InChI is InChI=1S/C22H22F2N4O2/c23-15-3-1-14(2-4-15)20(25)17(11-13-7-9-30-10-8-13)21(29)28-22-26-18-6-5-16(24)12-19(18)27-22/h1-6,12-13H,7-11,25H2,(H2,26,27,28,29)/b20-17-. The smallest absolute Gasteiger partial charge is 0.255 e. The summed E-state index contributed by atoms with van der Waals surface area (Å²) in [5, 5.41) is 2.73. The van der Waals surface area contributed by atoms with E-state index < -0.39 is 11.7 Å². The first kappa shape index (κ1) is 20.0. The number of ether oxygens (including phenoxy) is 1. The lowest BCUT2D eigenvalue weighted by Gasteiger charge is -2.23. The normalized spacial score (nSPS) is 15.8. The van der Waals surface area contributed by atoms with Crippen LogP contribution in [-0.2, 0) is 9.53 Å². The molecule has 1 aliphatic rings. The Hall–Kier alpha value is -3.26. The predicted molar refractivity (Wildman–Crippen MR) is 110 cm³/mol. The first-order chi connectivity index (χ1) is 14.5. The molecule has 1 amide bonds. The van der Waals surface area contributed by atoms with Crippen molar-refractivity contribution < 1.29 is 18.3 Å². The molecule has 4 rings (SSSR count). The molecule has 1 aromatic heterocycles. The van der Waals surface area contributed by atoms with Gasteiger partial charge in [-0.2, -0.15) is 0 Å². The molecule has 156 valence electrons. The van der Waals surface area contributed by atoms with Gasteiger partial charge < -0.3 is 15.5 Å². The van der Waals surface area contributed by atoms with Crippen LogP contribution < -0.4 is 11.1 Å². The molecule has 0 aliphatic carbocycles. The highest BCUT2D eigenvalue weighted by Gasteiger charge is 2.23. The maximum Gasteiger partial charge on any atom is 0.255 e. The molecule has 2 heterocycles. The van der Waals surface area contributed by atoms with Gasteiger partial charge in [-0.3, -0.25) is 10.1 Å². The van der Waals surface area contributed by atoms with E-state index in [-0.39, 0.29) is 17.7 Å². The Kier molecular flexibility index (Phi) is 5.76. The van der Waals surface area contributed by atoms with Crippen molar-refractivity contribution in [2.24, 2.45) is 11.7 Å². The number of hydrogen-bond donors (Lipinski definition) is 3. The van der Waals surface area contributed by atoms with E-state index in [1.54, 1.807) is 12.1 Å². The summed E-state index contributed by atoms with van der Waals surface area (Å²) in [7, 11) is 0. The summed E-state index contributed by atoms with van der Waals surface area (Å²) in [5.41, 5.74) is 8.62. The summed E-state index contributed by atoms with van der Waals surface area (Å²) >= 11 is 0. The summed E-state index contributed by atoms with van der Waals surface area (Å²) < 4.78 is 32.1. The van der Waals surface area contributed by atoms with Gasteiger partial charge in [0.2, 0.25) is 5.95 Å². The molecule has 1 aliphatic heterocycles. The Morgan fingerprint density at radius 2 is 1.83 bits per heavy atom. The highest BCUT2D eigenvalue weighted by molar-refractivity contribution is 6.08. The zero-order valence-corrected chi connectivity index (χ0v) is 16.3. The highest BCUT2D eigenvalue weighted by atomic mass is 19.1. The number of carbonyl (C=O) groups excluding carboxylic acids is 1. The fourth-order valence-corrected chi connectivity index (χ4v) is 3.59. The fourth-order valence-electron chi connectivity index (χ4n) is 3.59. The molecular weight excluding hydrogens is 390 g/mol. The minimum absolute atomic E-state index is 0.206. The van der Waals surface area contributed by atoms with E-state index in [9.17, 15) is 13.6 Å². The highest BCUT2D eigenvalue weighted by Crippen LogP contribution is 2.27. The van der Waals surface area contributed by atoms with Gasteiger partial charge in [-0.15, -0.1) is 0 Å². The van der Waals surface area contributed by atoms with E-state index in [0.29, 0.717) is 47.5 Å². The van der Waals surface area contributed by atoms with Crippen LogP contribution in [0, 0.1) is 17.6 Å². The van der Waals surface area contributed by atoms with Gasteiger partial charge in [0.05, 0.1) is 11.0 Å². The third-order valence-electron chi connectivity index (χ3n) is 5.26. The van der Waals surface area contributed by atoms with Crippen LogP contribution in [0.5, 0.6) is 0 Å². The van der Waals surface area contributed by atoms with Crippen molar-refractivity contribution >= 4 is 28.6 Å². The number of fused-ring (bicyclic) bond motifs is 1. The third kappa shape index (κ3) is 4.49. The molecule has 6 nitrogen and oxygen atoms in total. The summed E-state index contributed by atoms with van der Waals surface area (Å²) in [4.78, 5) is 20.3. The van der Waals surface area contributed by atoms with E-state index in [1.165, 1.54) is 30.3 Å². The zero-order chi connectivity index (χ0) is 21.1. The van der Waals surface area contributed by atoms with Gasteiger partial charge in [0.15, 0.2) is 0 Å². The number of aromatic nitrogens is 2. The van der Waals surface area contributed by atoms with Gasteiger partial charge in [0, 0.05) is 24.5 Å². The molecule has 3 aromatic rings. The van der Waals surface area contributed by atoms with E-state index in [4.69, 9.17) is 10.5 Å². The van der Waals surface area contributed by atoms with Crippen LogP contribution in [0.15, 0.2) is 48.0 Å². The fraction of sp³-hybridized carbons (Fsp3) is 0.273. The van der Waals surface area contributed by atoms with Crippen molar-refractivity contribution in [3.63, 3.8) is 0 Å². The van der Waals surface area contributed by atoms with Crippen LogP contribution in [0.2, 0.25) is 0 Å². The largest absolute Gasteiger partial charge is 0.398 e. The van der Waals surface area contributed by atoms with Crippen LogP contribution >= 0.6 is 0 Å². The van der Waals surface area contributed by atoms with Gasteiger partial charge in [-0.05, 0) is 73.2 Å². The molecule has 30 heavy (non-hydrogen) atoms. The second kappa shape index (κ2) is 8.62. The lowest BCUT2D eigenvalue weighted by Crippen LogP contribution is -2.24. The van der Waals surface area contributed by atoms with Crippen molar-refractivity contribution in [3.05, 3.63) is 65.2 Å². The summed E-state index contributed by atoms with van der Waals surface area (Å²) in [6, 6.07) is 9.85. The molecule has 0 spiro atoms. The number of imidazole rings is 1. The molecule has 8 heteroatoms. The van der Waals surface area contributed by atoms with Gasteiger partial charge in [0.25, 0.3) is 5.91 Å². The number of nitrogens with zero attached hydrogens (tertiary/aromatic N) is 1. The van der Waals surface area contributed by atoms with Crippen LogP contribution in [0.1, 0.15) is 24.8 Å². The van der Waals surface area contributed by atoms with Crippen LogP contribution in [0.3, 0.4) is 0 Å². The maximum absolute atomic E-state index is 13.4. The minimum Gasteiger partial charge on any atom is -0.398 e. The topological polar surface area (TPSA) is 93.0 Å². The van der Waals surface area contributed by atoms with Crippen LogP contribution in [0.25, 0.3) is 16.7 Å². The molecule has 1 saturated heterocycles. The molecule has 2 aromatic carbocycles. The first-order valence-electron chi connectivity index (χ1n) is 9.78. The van der Waals surface area contributed by atoms with Gasteiger partial charge in [-0.25, -0.2) is 13.8 Å². The number of benzene rings is 2. The molecule has 0 unspecified atom stereocenters. The number of rotatable bonds is 5. The number of amides is 1. The summed E-state index contributed by atoms with van der Waals surface area (Å²) in [6.07, 6.45) is 2.13. The molecule has 0 radical (unpaired) electrons. The van der Waals surface area contributed by atoms with Crippen molar-refractivity contribution in [2.45, 2.75) is 19.3 Å². The number of aromatic amines is 1. The van der Waals surface area contributed by atoms with Crippen LogP contribution in [-0.4, -0.2) is 29.1 Å². The average molecular weight is 412 g/mol. The Morgan fingerprint density at radius 1 is 1.13 bits per heavy atom. The third-order valence-corrected chi connectivity index (χ3v) is 5.26. The van der Waals surface area contributed by atoms with Crippen molar-refractivity contribution in [3.8, 4) is 0 Å². The Bertz CT molecular complexity index is 1090. The number of halogens is 2. The maximum atomic E-state index is 13.4. The lowest BCUT2D eigenvalue weighted by atomic mass is 9.90. The second-order valence-electron chi connectivity index (χ2n) is 7.36. The van der Waals surface area contributed by atoms with Crippen molar-refractivity contribution in [2.75, 3.05) is 18.5 Å². The summed E-state index contributed by atoms with van der Waals surface area (Å²) in [6.45, 7) is 1.29. The molecular formula is C22H22F2N4O2. The second-order valence-corrected chi connectivity index (χ2v) is 7.36. The molecule has 0 saturated carbocycles. The monoisotopic (exact) mass is 412 g/mol. The van der Waals surface area contributed by atoms with Crippen molar-refractivity contribution in [1.29, 1.82) is 0 Å². The number of nitrogens with one attached hydrogen (secondary N) is 2. The summed E-state index contributed by atoms with van der Waals surface area (Å²) in [5.74, 6) is -0.718. The van der Waals surface area contributed by atoms with E-state index >= 15 is 0 Å². The zero-order valence-electron chi connectivity index (χ0n) is 16.3. The first-order valence-corrected chi connectivity index (χ1v) is 9.78. The van der Waals surface area contributed by atoms with E-state index in [1.807, 2.05) is 0 Å². The van der Waals surface area contributed by atoms with E-state index in [2.05, 4.69) is 15.3 Å².